The van der Waals surface area contributed by atoms with E-state index in [-0.39, 0.29) is 0 Å². The second-order valence-corrected chi connectivity index (χ2v) is 4.00. The van der Waals surface area contributed by atoms with Gasteiger partial charge >= 0.3 is 0 Å². The number of aryl methyl sites for hydroxylation is 1. The molecule has 1 atom stereocenters. The van der Waals surface area contributed by atoms with E-state index >= 15 is 0 Å². The van der Waals surface area contributed by atoms with Crippen molar-refractivity contribution in [1.82, 2.24) is 10.3 Å². The van der Waals surface area contributed by atoms with Crippen molar-refractivity contribution < 1.29 is 4.39 Å². The van der Waals surface area contributed by atoms with E-state index in [1.807, 2.05) is 13.0 Å². The number of hydrogen-bond acceptors (Lipinski definition) is 2. The fourth-order valence-electron chi connectivity index (χ4n) is 1.91. The van der Waals surface area contributed by atoms with Crippen molar-refractivity contribution in [1.29, 1.82) is 0 Å². The maximum absolute atomic E-state index is 14.4. The van der Waals surface area contributed by atoms with E-state index in [9.17, 15) is 4.39 Å². The maximum atomic E-state index is 14.4. The molecule has 2 rings (SSSR count). The summed E-state index contributed by atoms with van der Waals surface area (Å²) in [6.45, 7) is 3.28. The summed E-state index contributed by atoms with van der Waals surface area (Å²) in [6.07, 6.45) is 4.89. The Morgan fingerprint density at radius 2 is 2.36 bits per heavy atom. The summed E-state index contributed by atoms with van der Waals surface area (Å²) in [5, 5.41) is 3.09. The van der Waals surface area contributed by atoms with Gasteiger partial charge in [-0.15, -0.1) is 0 Å². The summed E-state index contributed by atoms with van der Waals surface area (Å²) in [4.78, 5) is 4.04. The molecule has 1 unspecified atom stereocenters. The van der Waals surface area contributed by atoms with Gasteiger partial charge < -0.3 is 5.32 Å². The Morgan fingerprint density at radius 1 is 1.50 bits per heavy atom. The third-order valence-corrected chi connectivity index (χ3v) is 2.72. The fraction of sp³-hybridized carbons (Fsp3) is 0.545. The third-order valence-electron chi connectivity index (χ3n) is 2.72. The van der Waals surface area contributed by atoms with Gasteiger partial charge in [-0.25, -0.2) is 4.39 Å². The topological polar surface area (TPSA) is 24.9 Å². The van der Waals surface area contributed by atoms with Gasteiger partial charge in [0.15, 0.2) is 0 Å². The normalized spacial score (nSPS) is 27.6. The van der Waals surface area contributed by atoms with Gasteiger partial charge in [-0.3, -0.25) is 4.98 Å². The second kappa shape index (κ2) is 3.65. The lowest BCUT2D eigenvalue weighted by molar-refractivity contribution is 0.121. The smallest absolute Gasteiger partial charge is 0.149 e. The van der Waals surface area contributed by atoms with Crippen LogP contribution in [0.25, 0.3) is 0 Å². The number of hydrogen-bond donors (Lipinski definition) is 1. The fourth-order valence-corrected chi connectivity index (χ4v) is 1.91. The first-order valence-electron chi connectivity index (χ1n) is 5.02. The van der Waals surface area contributed by atoms with Gasteiger partial charge in [0, 0.05) is 24.5 Å². The van der Waals surface area contributed by atoms with Crippen molar-refractivity contribution in [3.63, 3.8) is 0 Å². The Balaban J connectivity index is 2.28. The van der Waals surface area contributed by atoms with Gasteiger partial charge in [-0.2, -0.15) is 0 Å². The predicted molar refractivity (Wildman–Crippen MR) is 53.9 cm³/mol. The van der Waals surface area contributed by atoms with Gasteiger partial charge in [0.1, 0.15) is 5.67 Å². The highest BCUT2D eigenvalue weighted by Gasteiger charge is 2.33. The molecule has 0 radical (unpaired) electrons. The molecule has 0 bridgehead atoms. The Morgan fingerprint density at radius 3 is 3.00 bits per heavy atom. The summed E-state index contributed by atoms with van der Waals surface area (Å²) in [7, 11) is 0. The zero-order valence-electron chi connectivity index (χ0n) is 8.39. The lowest BCUT2D eigenvalue weighted by Crippen LogP contribution is -2.40. The molecule has 1 aromatic rings. The van der Waals surface area contributed by atoms with Gasteiger partial charge in [-0.1, -0.05) is 0 Å². The van der Waals surface area contributed by atoms with Crippen LogP contribution in [0.15, 0.2) is 18.5 Å². The lowest BCUT2D eigenvalue weighted by atomic mass is 9.89. The van der Waals surface area contributed by atoms with Crippen LogP contribution in [-0.2, 0) is 5.67 Å². The second-order valence-electron chi connectivity index (χ2n) is 4.00. The lowest BCUT2D eigenvalue weighted by Gasteiger charge is -2.30. The molecule has 76 valence electrons. The Kier molecular flexibility index (Phi) is 2.50. The van der Waals surface area contributed by atoms with Crippen LogP contribution < -0.4 is 5.32 Å². The zero-order valence-corrected chi connectivity index (χ0v) is 8.39. The molecule has 1 fully saturated rings. The van der Waals surface area contributed by atoms with Crippen molar-refractivity contribution in [3.05, 3.63) is 29.6 Å². The molecular weight excluding hydrogens is 179 g/mol. The summed E-state index contributed by atoms with van der Waals surface area (Å²) in [6, 6.07) is 1.89. The molecule has 0 aliphatic carbocycles. The number of nitrogens with zero attached hydrogens (tertiary/aromatic N) is 1. The summed E-state index contributed by atoms with van der Waals surface area (Å²) in [5.74, 6) is 0. The first-order valence-corrected chi connectivity index (χ1v) is 5.02. The Labute approximate surface area is 83.6 Å². The number of rotatable bonds is 1. The quantitative estimate of drug-likeness (QED) is 0.739. The molecule has 1 saturated heterocycles. The average molecular weight is 194 g/mol. The molecule has 0 spiro atoms. The minimum Gasteiger partial charge on any atom is -0.313 e. The van der Waals surface area contributed by atoms with Crippen LogP contribution in [0.3, 0.4) is 0 Å². The summed E-state index contributed by atoms with van der Waals surface area (Å²) >= 11 is 0. The zero-order chi connectivity index (χ0) is 10.0. The molecule has 0 saturated carbocycles. The van der Waals surface area contributed by atoms with Crippen molar-refractivity contribution in [2.45, 2.75) is 25.4 Å². The summed E-state index contributed by atoms with van der Waals surface area (Å²) < 4.78 is 14.4. The van der Waals surface area contributed by atoms with Crippen molar-refractivity contribution >= 4 is 0 Å². The molecule has 2 nitrogen and oxygen atoms in total. The van der Waals surface area contributed by atoms with Gasteiger partial charge in [-0.05, 0) is 37.9 Å². The summed E-state index contributed by atoms with van der Waals surface area (Å²) in [5.41, 5.74) is 0.520. The van der Waals surface area contributed by atoms with Crippen molar-refractivity contribution in [2.24, 2.45) is 0 Å². The highest BCUT2D eigenvalue weighted by Crippen LogP contribution is 2.32. The molecule has 3 heteroatoms. The van der Waals surface area contributed by atoms with Crippen molar-refractivity contribution in [2.75, 3.05) is 13.1 Å². The van der Waals surface area contributed by atoms with E-state index in [0.29, 0.717) is 18.5 Å². The van der Waals surface area contributed by atoms with E-state index in [0.717, 1.165) is 18.5 Å². The van der Waals surface area contributed by atoms with Crippen LogP contribution in [0.5, 0.6) is 0 Å². The maximum Gasteiger partial charge on any atom is 0.149 e. The molecule has 1 N–H and O–H groups in total. The monoisotopic (exact) mass is 194 g/mol. The molecule has 2 heterocycles. The van der Waals surface area contributed by atoms with Crippen LogP contribution in [0.4, 0.5) is 4.39 Å². The number of halogens is 1. The first kappa shape index (κ1) is 9.59. The van der Waals surface area contributed by atoms with Crippen LogP contribution in [-0.4, -0.2) is 18.1 Å². The molecular formula is C11H15FN2. The molecule has 1 aromatic heterocycles. The largest absolute Gasteiger partial charge is 0.313 e. The minimum atomic E-state index is -1.21. The van der Waals surface area contributed by atoms with Gasteiger partial charge in [0.25, 0.3) is 0 Å². The van der Waals surface area contributed by atoms with E-state index in [1.165, 1.54) is 0 Å². The van der Waals surface area contributed by atoms with Crippen molar-refractivity contribution in [3.8, 4) is 0 Å². The molecule has 0 aromatic carbocycles. The standard InChI is InChI=1S/C11H15FN2/c1-9-5-10(7-14-6-9)11(12)3-2-4-13-8-11/h5-7,13H,2-4,8H2,1H3. The van der Waals surface area contributed by atoms with E-state index in [1.54, 1.807) is 12.4 Å². The highest BCUT2D eigenvalue weighted by molar-refractivity contribution is 5.24. The molecule has 0 amide bonds. The highest BCUT2D eigenvalue weighted by atomic mass is 19.1. The third kappa shape index (κ3) is 1.77. The van der Waals surface area contributed by atoms with Crippen LogP contribution in [0, 0.1) is 6.92 Å². The van der Waals surface area contributed by atoms with Gasteiger partial charge in [0.05, 0.1) is 0 Å². The number of nitrogens with one attached hydrogen (secondary N) is 1. The average Bonchev–Trinajstić information content (AvgIpc) is 2.19. The van der Waals surface area contributed by atoms with Crippen LogP contribution in [0.1, 0.15) is 24.0 Å². The predicted octanol–water partition coefficient (Wildman–Crippen LogP) is 1.94. The van der Waals surface area contributed by atoms with Crippen LogP contribution in [0.2, 0.25) is 0 Å². The van der Waals surface area contributed by atoms with Crippen LogP contribution >= 0.6 is 0 Å². The van der Waals surface area contributed by atoms with E-state index in [4.69, 9.17) is 0 Å². The number of aromatic nitrogens is 1. The SMILES string of the molecule is Cc1cncc(C2(F)CCCNC2)c1. The minimum absolute atomic E-state index is 0.415. The number of piperidine rings is 1. The number of alkyl halides is 1. The Hall–Kier alpha value is -0.960. The Bertz CT molecular complexity index is 319. The first-order chi connectivity index (χ1) is 6.71. The van der Waals surface area contributed by atoms with Gasteiger partial charge in [0.2, 0.25) is 0 Å². The molecule has 1 aliphatic rings. The van der Waals surface area contributed by atoms with E-state index in [2.05, 4.69) is 10.3 Å². The molecule has 1 aliphatic heterocycles. The number of pyridine rings is 1. The molecule has 14 heavy (non-hydrogen) atoms. The van der Waals surface area contributed by atoms with E-state index < -0.39 is 5.67 Å².